The molecule has 0 aliphatic carbocycles. The summed E-state index contributed by atoms with van der Waals surface area (Å²) in [6.07, 6.45) is -4.23. The number of carbonyl (C=O) groups is 1. The number of β-amino-alcohol motifs (C(OH)–C–C–N with tert-alkyl or cyclic N) is 1. The largest absolute Gasteiger partial charge is 0.433 e. The quantitative estimate of drug-likeness (QED) is 0.764. The number of hydrogen-bond acceptors (Lipinski definition) is 6. The van der Waals surface area contributed by atoms with Gasteiger partial charge in [-0.15, -0.1) is 0 Å². The Balaban J connectivity index is 1.37. The van der Waals surface area contributed by atoms with Crippen molar-refractivity contribution in [1.29, 1.82) is 0 Å². The van der Waals surface area contributed by atoms with Gasteiger partial charge in [-0.05, 0) is 30.3 Å². The monoisotopic (exact) mass is 455 g/mol. The second-order valence-electron chi connectivity index (χ2n) is 7.61. The lowest BCUT2D eigenvalue weighted by molar-refractivity contribution is -0.141. The predicted octanol–water partition coefficient (Wildman–Crippen LogP) is 2.16. The molecule has 2 aliphatic heterocycles. The first-order valence-electron chi connectivity index (χ1n) is 9.84. The summed E-state index contributed by atoms with van der Waals surface area (Å²) in [6, 6.07) is 7.26. The molecule has 11 heteroatoms. The number of piperazine rings is 1. The molecule has 2 atom stereocenters. The molecule has 2 saturated heterocycles. The summed E-state index contributed by atoms with van der Waals surface area (Å²) in [7, 11) is 0. The second kappa shape index (κ2) is 8.60. The van der Waals surface area contributed by atoms with Crippen LogP contribution in [0.4, 0.5) is 19.1 Å². The average molecular weight is 456 g/mol. The van der Waals surface area contributed by atoms with Crippen molar-refractivity contribution in [3.8, 4) is 0 Å². The van der Waals surface area contributed by atoms with Crippen LogP contribution >= 0.6 is 11.6 Å². The van der Waals surface area contributed by atoms with E-state index in [1.165, 1.54) is 0 Å². The zero-order valence-corrected chi connectivity index (χ0v) is 17.2. The molecular formula is C20H21ClF3N5O2. The number of benzene rings is 1. The fraction of sp³-hybridized carbons (Fsp3) is 0.450. The van der Waals surface area contributed by atoms with E-state index in [-0.39, 0.29) is 24.4 Å². The molecule has 166 valence electrons. The van der Waals surface area contributed by atoms with E-state index in [2.05, 4.69) is 14.9 Å². The number of carbonyl (C=O) groups excluding carboxylic acids is 1. The Bertz CT molecular complexity index is 935. The fourth-order valence-corrected chi connectivity index (χ4v) is 4.11. The normalized spacial score (nSPS) is 22.7. The highest BCUT2D eigenvalue weighted by molar-refractivity contribution is 6.30. The first-order chi connectivity index (χ1) is 14.7. The third-order valence-electron chi connectivity index (χ3n) is 5.64. The third-order valence-corrected chi connectivity index (χ3v) is 5.89. The van der Waals surface area contributed by atoms with Crippen molar-refractivity contribution in [2.45, 2.75) is 18.3 Å². The number of aromatic nitrogens is 2. The molecular weight excluding hydrogens is 435 g/mol. The van der Waals surface area contributed by atoms with E-state index in [1.807, 2.05) is 0 Å². The first-order valence-corrected chi connectivity index (χ1v) is 10.2. The molecule has 1 amide bonds. The Labute approximate surface area is 182 Å². The molecule has 7 nitrogen and oxygen atoms in total. The minimum absolute atomic E-state index is 0.0482. The Morgan fingerprint density at radius 3 is 2.39 bits per heavy atom. The third kappa shape index (κ3) is 4.76. The second-order valence-corrected chi connectivity index (χ2v) is 8.05. The van der Waals surface area contributed by atoms with Gasteiger partial charge < -0.3 is 14.9 Å². The lowest BCUT2D eigenvalue weighted by Gasteiger charge is -2.38. The summed E-state index contributed by atoms with van der Waals surface area (Å²) in [6.45, 7) is 2.55. The van der Waals surface area contributed by atoms with Crippen LogP contribution in [0.25, 0.3) is 0 Å². The first kappa shape index (κ1) is 21.8. The number of rotatable bonds is 3. The highest BCUT2D eigenvalue weighted by Gasteiger charge is 2.39. The van der Waals surface area contributed by atoms with E-state index in [0.29, 0.717) is 43.3 Å². The van der Waals surface area contributed by atoms with E-state index in [0.717, 1.165) is 12.3 Å². The number of nitrogens with zero attached hydrogens (tertiary/aromatic N) is 5. The molecule has 2 unspecified atom stereocenters. The number of hydrogen-bond donors (Lipinski definition) is 1. The van der Waals surface area contributed by atoms with Crippen LogP contribution in [0.5, 0.6) is 0 Å². The highest BCUT2D eigenvalue weighted by Crippen LogP contribution is 2.29. The van der Waals surface area contributed by atoms with Gasteiger partial charge in [0, 0.05) is 56.1 Å². The molecule has 1 aromatic carbocycles. The van der Waals surface area contributed by atoms with Crippen molar-refractivity contribution in [1.82, 2.24) is 19.8 Å². The van der Waals surface area contributed by atoms with Crippen molar-refractivity contribution < 1.29 is 23.1 Å². The van der Waals surface area contributed by atoms with Crippen molar-refractivity contribution in [3.63, 3.8) is 0 Å². The van der Waals surface area contributed by atoms with Gasteiger partial charge in [-0.1, -0.05) is 11.6 Å². The maximum atomic E-state index is 12.9. The minimum atomic E-state index is -4.55. The van der Waals surface area contributed by atoms with Crippen molar-refractivity contribution in [2.75, 3.05) is 44.2 Å². The van der Waals surface area contributed by atoms with E-state index in [4.69, 9.17) is 11.6 Å². The van der Waals surface area contributed by atoms with Crippen LogP contribution in [0.2, 0.25) is 5.02 Å². The van der Waals surface area contributed by atoms with Crippen LogP contribution in [0.1, 0.15) is 16.1 Å². The number of aliphatic hydroxyl groups is 1. The van der Waals surface area contributed by atoms with Crippen molar-refractivity contribution in [3.05, 3.63) is 52.8 Å². The maximum absolute atomic E-state index is 12.9. The fourth-order valence-electron chi connectivity index (χ4n) is 3.98. The molecule has 2 fully saturated rings. The summed E-state index contributed by atoms with van der Waals surface area (Å²) >= 11 is 5.87. The lowest BCUT2D eigenvalue weighted by Crippen LogP contribution is -2.54. The zero-order valence-electron chi connectivity index (χ0n) is 16.5. The van der Waals surface area contributed by atoms with Crippen LogP contribution in [0, 0.1) is 0 Å². The van der Waals surface area contributed by atoms with Gasteiger partial charge in [-0.3, -0.25) is 9.69 Å². The van der Waals surface area contributed by atoms with E-state index in [9.17, 15) is 23.1 Å². The number of anilines is 1. The summed E-state index contributed by atoms with van der Waals surface area (Å²) < 4.78 is 38.8. The van der Waals surface area contributed by atoms with E-state index in [1.54, 1.807) is 34.1 Å². The molecule has 3 heterocycles. The molecule has 1 N–H and O–H groups in total. The zero-order chi connectivity index (χ0) is 22.2. The Hall–Kier alpha value is -2.43. The van der Waals surface area contributed by atoms with E-state index >= 15 is 0 Å². The Morgan fingerprint density at radius 2 is 1.74 bits per heavy atom. The molecule has 4 rings (SSSR count). The van der Waals surface area contributed by atoms with Crippen LogP contribution < -0.4 is 4.90 Å². The summed E-state index contributed by atoms with van der Waals surface area (Å²) in [5.41, 5.74) is -0.448. The molecule has 0 bridgehead atoms. The maximum Gasteiger partial charge on any atom is 0.433 e. The van der Waals surface area contributed by atoms with Crippen LogP contribution in [-0.4, -0.2) is 82.2 Å². The summed E-state index contributed by atoms with van der Waals surface area (Å²) in [5, 5.41) is 11.1. The standard InChI is InChI=1S/C20H21ClF3N5O2/c21-14-3-1-13(2-4-14)18(31)28-9-7-27(8-10-28)15-11-29(12-16(15)30)19-25-6-5-17(26-19)20(22,23)24/h1-6,15-16,30H,7-12H2. The predicted molar refractivity (Wildman–Crippen MR) is 108 cm³/mol. The van der Waals surface area contributed by atoms with Gasteiger partial charge in [-0.2, -0.15) is 13.2 Å². The van der Waals surface area contributed by atoms with Gasteiger partial charge in [0.2, 0.25) is 5.95 Å². The van der Waals surface area contributed by atoms with Crippen LogP contribution in [0.15, 0.2) is 36.5 Å². The van der Waals surface area contributed by atoms with Crippen molar-refractivity contribution in [2.24, 2.45) is 0 Å². The van der Waals surface area contributed by atoms with Gasteiger partial charge in [0.15, 0.2) is 0 Å². The average Bonchev–Trinajstić information content (AvgIpc) is 3.15. The molecule has 2 aliphatic rings. The number of alkyl halides is 3. The summed E-state index contributed by atoms with van der Waals surface area (Å²) in [5.74, 6) is -0.129. The molecule has 1 aromatic heterocycles. The molecule has 0 spiro atoms. The molecule has 0 saturated carbocycles. The smallest absolute Gasteiger partial charge is 0.390 e. The highest BCUT2D eigenvalue weighted by atomic mass is 35.5. The van der Waals surface area contributed by atoms with Gasteiger partial charge in [0.05, 0.1) is 12.1 Å². The summed E-state index contributed by atoms with van der Waals surface area (Å²) in [4.78, 5) is 25.6. The van der Waals surface area contributed by atoms with Gasteiger partial charge in [0.25, 0.3) is 5.91 Å². The van der Waals surface area contributed by atoms with Gasteiger partial charge in [0.1, 0.15) is 5.69 Å². The molecule has 2 aromatic rings. The van der Waals surface area contributed by atoms with Crippen molar-refractivity contribution >= 4 is 23.5 Å². The SMILES string of the molecule is O=C(c1ccc(Cl)cc1)N1CCN(C2CN(c3nccc(C(F)(F)F)n3)CC2O)CC1. The molecule has 31 heavy (non-hydrogen) atoms. The van der Waals surface area contributed by atoms with E-state index < -0.39 is 18.0 Å². The number of halogens is 4. The Morgan fingerprint density at radius 1 is 1.06 bits per heavy atom. The lowest BCUT2D eigenvalue weighted by atomic mass is 10.1. The Kier molecular flexibility index (Phi) is 6.05. The molecule has 0 radical (unpaired) electrons. The van der Waals surface area contributed by atoms with Gasteiger partial charge >= 0.3 is 6.18 Å². The number of aliphatic hydroxyl groups excluding tert-OH is 1. The minimum Gasteiger partial charge on any atom is -0.390 e. The van der Waals surface area contributed by atoms with Crippen LogP contribution in [0.3, 0.4) is 0 Å². The number of amides is 1. The van der Waals surface area contributed by atoms with Crippen LogP contribution in [-0.2, 0) is 6.18 Å². The topological polar surface area (TPSA) is 72.8 Å². The van der Waals surface area contributed by atoms with Gasteiger partial charge in [-0.25, -0.2) is 9.97 Å².